The minimum atomic E-state index is -0.466. The number of halogens is 1. The van der Waals surface area contributed by atoms with E-state index in [4.69, 9.17) is 9.47 Å². The normalized spacial score (nSPS) is 25.9. The van der Waals surface area contributed by atoms with Crippen LogP contribution in [-0.2, 0) is 4.74 Å². The molecule has 0 bridgehead atoms. The van der Waals surface area contributed by atoms with Crippen molar-refractivity contribution in [1.82, 2.24) is 0 Å². The van der Waals surface area contributed by atoms with Gasteiger partial charge in [0, 0.05) is 17.1 Å². The zero-order valence-electron chi connectivity index (χ0n) is 12.8. The molecule has 1 aromatic carbocycles. The Bertz CT molecular complexity index is 699. The third-order valence-electron chi connectivity index (χ3n) is 4.47. The Balaban J connectivity index is 2.18. The predicted molar refractivity (Wildman–Crippen MR) is 86.3 cm³/mol. The molecule has 0 fully saturated rings. The molecule has 22 heavy (non-hydrogen) atoms. The Morgan fingerprint density at radius 2 is 2.18 bits per heavy atom. The summed E-state index contributed by atoms with van der Waals surface area (Å²) in [5.41, 5.74) is 2.64. The number of hydrogen-bond donors (Lipinski definition) is 0. The molecule has 0 N–H and O–H groups in total. The summed E-state index contributed by atoms with van der Waals surface area (Å²) >= 11 is 0. The maximum absolute atomic E-state index is 14.0. The number of allylic oxidation sites excluding steroid dienone is 3. The predicted octanol–water partition coefficient (Wildman–Crippen LogP) is 4.76. The fourth-order valence-electron chi connectivity index (χ4n) is 3.52. The molecule has 0 radical (unpaired) electrons. The van der Waals surface area contributed by atoms with Gasteiger partial charge in [-0.15, -0.1) is 0 Å². The molecule has 0 spiro atoms. The van der Waals surface area contributed by atoms with E-state index in [-0.39, 0.29) is 17.9 Å². The first-order valence-electron chi connectivity index (χ1n) is 7.31. The van der Waals surface area contributed by atoms with Gasteiger partial charge in [0.15, 0.2) is 0 Å². The highest BCUT2D eigenvalue weighted by Gasteiger charge is 2.41. The van der Waals surface area contributed by atoms with Crippen LogP contribution in [-0.4, -0.2) is 13.2 Å². The van der Waals surface area contributed by atoms with Crippen molar-refractivity contribution in [2.75, 3.05) is 7.11 Å². The van der Waals surface area contributed by atoms with Crippen molar-refractivity contribution in [3.8, 4) is 5.75 Å². The van der Waals surface area contributed by atoms with E-state index in [1.807, 2.05) is 37.3 Å². The average molecular weight is 298 g/mol. The van der Waals surface area contributed by atoms with Crippen LogP contribution >= 0.6 is 0 Å². The number of fused-ring (bicyclic) bond motifs is 3. The summed E-state index contributed by atoms with van der Waals surface area (Å²) in [5, 5.41) is 0. The molecular weight excluding hydrogens is 279 g/mol. The number of ether oxygens (including phenoxy) is 2. The first-order chi connectivity index (χ1) is 10.6. The fraction of sp³-hybridized carbons (Fsp3) is 0.263. The van der Waals surface area contributed by atoms with Gasteiger partial charge in [0.25, 0.3) is 0 Å². The fourth-order valence-corrected chi connectivity index (χ4v) is 3.52. The van der Waals surface area contributed by atoms with Gasteiger partial charge in [-0.05, 0) is 29.7 Å². The van der Waals surface area contributed by atoms with Crippen molar-refractivity contribution in [2.45, 2.75) is 18.9 Å². The molecule has 0 saturated carbocycles. The zero-order valence-corrected chi connectivity index (χ0v) is 12.8. The highest BCUT2D eigenvalue weighted by Crippen LogP contribution is 2.49. The van der Waals surface area contributed by atoms with Crippen molar-refractivity contribution in [3.05, 3.63) is 71.8 Å². The van der Waals surface area contributed by atoms with Crippen LogP contribution in [0.1, 0.15) is 24.0 Å². The molecule has 3 atom stereocenters. The van der Waals surface area contributed by atoms with Crippen LogP contribution in [0.5, 0.6) is 5.75 Å². The summed E-state index contributed by atoms with van der Waals surface area (Å²) in [6.45, 7) is 9.19. The van der Waals surface area contributed by atoms with Gasteiger partial charge in [0.2, 0.25) is 0 Å². The van der Waals surface area contributed by atoms with Crippen LogP contribution in [0.3, 0.4) is 0 Å². The van der Waals surface area contributed by atoms with E-state index in [2.05, 4.69) is 13.2 Å². The van der Waals surface area contributed by atoms with Crippen LogP contribution in [0.2, 0.25) is 0 Å². The first kappa shape index (κ1) is 14.6. The lowest BCUT2D eigenvalue weighted by Gasteiger charge is -2.40. The third-order valence-corrected chi connectivity index (χ3v) is 4.47. The lowest BCUT2D eigenvalue weighted by Crippen LogP contribution is -2.34. The van der Waals surface area contributed by atoms with E-state index in [9.17, 15) is 4.39 Å². The minimum Gasteiger partial charge on any atom is -0.496 e. The second-order valence-electron chi connectivity index (χ2n) is 5.61. The maximum atomic E-state index is 14.0. The third kappa shape index (κ3) is 2.08. The van der Waals surface area contributed by atoms with Gasteiger partial charge < -0.3 is 9.47 Å². The van der Waals surface area contributed by atoms with E-state index in [0.717, 1.165) is 16.9 Å². The SMILES string of the molecule is C=CC1=C(C(=C)F)C(C)C2c3c(cccc3OC)C=CC2O1. The number of rotatable bonds is 3. The Morgan fingerprint density at radius 1 is 1.41 bits per heavy atom. The molecule has 3 rings (SSSR count). The Kier molecular flexibility index (Phi) is 3.65. The lowest BCUT2D eigenvalue weighted by molar-refractivity contribution is 0.0959. The van der Waals surface area contributed by atoms with Crippen LogP contribution in [0.25, 0.3) is 6.08 Å². The van der Waals surface area contributed by atoms with Crippen molar-refractivity contribution < 1.29 is 13.9 Å². The van der Waals surface area contributed by atoms with Gasteiger partial charge >= 0.3 is 0 Å². The summed E-state index contributed by atoms with van der Waals surface area (Å²) in [6.07, 6.45) is 5.44. The molecule has 0 amide bonds. The molecule has 3 heteroatoms. The minimum absolute atomic E-state index is 0.0117. The first-order valence-corrected chi connectivity index (χ1v) is 7.31. The molecule has 2 nitrogen and oxygen atoms in total. The second-order valence-corrected chi connectivity index (χ2v) is 5.61. The molecule has 0 saturated heterocycles. The quantitative estimate of drug-likeness (QED) is 0.800. The van der Waals surface area contributed by atoms with Gasteiger partial charge in [0.05, 0.1) is 7.11 Å². The smallest absolute Gasteiger partial charge is 0.126 e. The molecular formula is C19H19FO2. The molecule has 2 aliphatic rings. The van der Waals surface area contributed by atoms with Gasteiger partial charge in [0.1, 0.15) is 23.4 Å². The molecule has 1 aliphatic heterocycles. The molecule has 1 heterocycles. The maximum Gasteiger partial charge on any atom is 0.126 e. The summed E-state index contributed by atoms with van der Waals surface area (Å²) in [7, 11) is 1.65. The van der Waals surface area contributed by atoms with E-state index >= 15 is 0 Å². The highest BCUT2D eigenvalue weighted by atomic mass is 19.1. The topological polar surface area (TPSA) is 18.5 Å². The van der Waals surface area contributed by atoms with E-state index in [1.165, 1.54) is 0 Å². The Hall–Kier alpha value is -2.29. The molecule has 1 aliphatic carbocycles. The Labute approximate surface area is 130 Å². The molecule has 0 aromatic heterocycles. The van der Waals surface area contributed by atoms with Crippen molar-refractivity contribution in [3.63, 3.8) is 0 Å². The lowest BCUT2D eigenvalue weighted by atomic mass is 9.72. The van der Waals surface area contributed by atoms with Gasteiger partial charge in [-0.3, -0.25) is 0 Å². The molecule has 114 valence electrons. The summed E-state index contributed by atoms with van der Waals surface area (Å²) in [4.78, 5) is 0. The van der Waals surface area contributed by atoms with Gasteiger partial charge in [-0.25, -0.2) is 4.39 Å². The van der Waals surface area contributed by atoms with Crippen molar-refractivity contribution in [2.24, 2.45) is 5.92 Å². The summed E-state index contributed by atoms with van der Waals surface area (Å²) in [6, 6.07) is 5.92. The van der Waals surface area contributed by atoms with E-state index < -0.39 is 5.83 Å². The average Bonchev–Trinajstić information content (AvgIpc) is 2.52. The van der Waals surface area contributed by atoms with Crippen LogP contribution in [0, 0.1) is 5.92 Å². The Morgan fingerprint density at radius 3 is 2.82 bits per heavy atom. The largest absolute Gasteiger partial charge is 0.496 e. The van der Waals surface area contributed by atoms with Gasteiger partial charge in [-0.2, -0.15) is 0 Å². The summed E-state index contributed by atoms with van der Waals surface area (Å²) in [5.74, 6) is 0.723. The van der Waals surface area contributed by atoms with Gasteiger partial charge in [-0.1, -0.05) is 38.3 Å². The molecule has 3 unspecified atom stereocenters. The number of hydrogen-bond acceptors (Lipinski definition) is 2. The van der Waals surface area contributed by atoms with E-state index in [1.54, 1.807) is 13.2 Å². The van der Waals surface area contributed by atoms with Crippen molar-refractivity contribution in [1.29, 1.82) is 0 Å². The number of methoxy groups -OCH3 is 1. The second kappa shape index (κ2) is 5.48. The number of benzene rings is 1. The monoisotopic (exact) mass is 298 g/mol. The highest BCUT2D eigenvalue weighted by molar-refractivity contribution is 5.64. The summed E-state index contributed by atoms with van der Waals surface area (Å²) < 4.78 is 25.4. The standard InChI is InChI=1S/C19H19FO2/c1-5-14-17(12(3)20)11(2)18-16(22-14)10-9-13-7-6-8-15(21-4)19(13)18/h5-11,16,18H,1,3H2,2,4H3. The van der Waals surface area contributed by atoms with Crippen LogP contribution < -0.4 is 4.74 Å². The molecule has 1 aromatic rings. The van der Waals surface area contributed by atoms with Crippen LogP contribution in [0.15, 0.2) is 60.7 Å². The zero-order chi connectivity index (χ0) is 15.9. The van der Waals surface area contributed by atoms with E-state index in [0.29, 0.717) is 11.3 Å². The van der Waals surface area contributed by atoms with Crippen LogP contribution in [0.4, 0.5) is 4.39 Å². The van der Waals surface area contributed by atoms with Crippen molar-refractivity contribution >= 4 is 6.08 Å².